The van der Waals surface area contributed by atoms with Crippen LogP contribution in [0.15, 0.2) is 0 Å². The summed E-state index contributed by atoms with van der Waals surface area (Å²) in [5, 5.41) is 3.27. The predicted octanol–water partition coefficient (Wildman–Crippen LogP) is 1.15. The van der Waals surface area contributed by atoms with Crippen molar-refractivity contribution < 1.29 is 9.53 Å². The molecule has 7 heteroatoms. The number of likely N-dealkylation sites (tertiary alicyclic amines) is 2. The molecule has 3 rings (SSSR count). The Morgan fingerprint density at radius 2 is 1.91 bits per heavy atom. The van der Waals surface area contributed by atoms with Gasteiger partial charge < -0.3 is 19.9 Å². The van der Waals surface area contributed by atoms with E-state index in [1.807, 2.05) is 4.90 Å². The van der Waals surface area contributed by atoms with Gasteiger partial charge in [0.2, 0.25) is 5.91 Å². The van der Waals surface area contributed by atoms with Crippen molar-refractivity contribution >= 4 is 30.7 Å². The van der Waals surface area contributed by atoms with Gasteiger partial charge in [0, 0.05) is 26.2 Å². The number of halogens is 2. The average molecular weight is 354 g/mol. The number of morpholine rings is 1. The van der Waals surface area contributed by atoms with Gasteiger partial charge in [-0.25, -0.2) is 0 Å². The maximum atomic E-state index is 12.4. The van der Waals surface area contributed by atoms with Crippen molar-refractivity contribution in [2.45, 2.75) is 31.7 Å². The smallest absolute Gasteiger partial charge is 0.242 e. The Morgan fingerprint density at radius 1 is 1.14 bits per heavy atom. The normalized spacial score (nSPS) is 29.5. The zero-order valence-corrected chi connectivity index (χ0v) is 14.8. The molecule has 3 aliphatic heterocycles. The molecule has 3 heterocycles. The van der Waals surface area contributed by atoms with Crippen LogP contribution in [0.25, 0.3) is 0 Å². The number of carbonyl (C=O) groups excluding carboxylic acids is 1. The zero-order valence-electron chi connectivity index (χ0n) is 13.2. The standard InChI is InChI=1S/C15H27N3O2.2ClH/c19-15(14-12-20-9-5-16-14)18-8-4-13(11-18)10-17-6-2-1-3-7-17;;/h13-14,16H,1-12H2;2*1H. The van der Waals surface area contributed by atoms with Gasteiger partial charge in [0.05, 0.1) is 13.2 Å². The highest BCUT2D eigenvalue weighted by atomic mass is 35.5. The van der Waals surface area contributed by atoms with E-state index in [0.29, 0.717) is 12.5 Å². The number of carbonyl (C=O) groups is 1. The second-order valence-electron chi connectivity index (χ2n) is 6.38. The summed E-state index contributed by atoms with van der Waals surface area (Å²) >= 11 is 0. The van der Waals surface area contributed by atoms with E-state index in [4.69, 9.17) is 4.74 Å². The quantitative estimate of drug-likeness (QED) is 0.826. The first kappa shape index (κ1) is 20.0. The lowest BCUT2D eigenvalue weighted by Crippen LogP contribution is -2.52. The summed E-state index contributed by atoms with van der Waals surface area (Å²) in [6.45, 7) is 7.60. The lowest BCUT2D eigenvalue weighted by atomic mass is 10.1. The Hall–Kier alpha value is -0.0700. The van der Waals surface area contributed by atoms with E-state index in [-0.39, 0.29) is 36.8 Å². The van der Waals surface area contributed by atoms with Crippen molar-refractivity contribution in [1.82, 2.24) is 15.1 Å². The molecule has 0 aromatic carbocycles. The molecule has 3 saturated heterocycles. The van der Waals surface area contributed by atoms with Crippen LogP contribution in [0.2, 0.25) is 0 Å². The Kier molecular flexibility index (Phi) is 9.02. The molecular formula is C15H29Cl2N3O2. The number of hydrogen-bond acceptors (Lipinski definition) is 4. The Bertz CT molecular complexity index is 335. The number of rotatable bonds is 3. The van der Waals surface area contributed by atoms with Gasteiger partial charge in [0.1, 0.15) is 6.04 Å². The highest BCUT2D eigenvalue weighted by Crippen LogP contribution is 2.20. The molecule has 2 atom stereocenters. The molecule has 22 heavy (non-hydrogen) atoms. The van der Waals surface area contributed by atoms with Crippen molar-refractivity contribution in [3.8, 4) is 0 Å². The van der Waals surface area contributed by atoms with Crippen LogP contribution in [-0.2, 0) is 9.53 Å². The fourth-order valence-electron chi connectivity index (χ4n) is 3.63. The van der Waals surface area contributed by atoms with E-state index in [9.17, 15) is 4.79 Å². The fourth-order valence-corrected chi connectivity index (χ4v) is 3.63. The van der Waals surface area contributed by atoms with Gasteiger partial charge >= 0.3 is 0 Å². The van der Waals surface area contributed by atoms with Gasteiger partial charge in [-0.15, -0.1) is 24.8 Å². The second-order valence-corrected chi connectivity index (χ2v) is 6.38. The third-order valence-corrected chi connectivity index (χ3v) is 4.78. The summed E-state index contributed by atoms with van der Waals surface area (Å²) in [5.41, 5.74) is 0. The van der Waals surface area contributed by atoms with Crippen LogP contribution in [0.1, 0.15) is 25.7 Å². The van der Waals surface area contributed by atoms with Crippen LogP contribution in [0.4, 0.5) is 0 Å². The SMILES string of the molecule is Cl.Cl.O=C(C1COCCN1)N1CCC(CN2CCCCC2)C1. The maximum Gasteiger partial charge on any atom is 0.242 e. The summed E-state index contributed by atoms with van der Waals surface area (Å²) in [4.78, 5) is 17.0. The molecule has 2 unspecified atom stereocenters. The second kappa shape index (κ2) is 9.93. The van der Waals surface area contributed by atoms with Crippen molar-refractivity contribution in [3.63, 3.8) is 0 Å². The molecular weight excluding hydrogens is 325 g/mol. The monoisotopic (exact) mass is 353 g/mol. The molecule has 130 valence electrons. The molecule has 0 aromatic rings. The third kappa shape index (κ3) is 5.24. The third-order valence-electron chi connectivity index (χ3n) is 4.78. The van der Waals surface area contributed by atoms with Gasteiger partial charge in [0.25, 0.3) is 0 Å². The first-order valence-corrected chi connectivity index (χ1v) is 8.15. The molecule has 0 spiro atoms. The largest absolute Gasteiger partial charge is 0.378 e. The average Bonchev–Trinajstić information content (AvgIpc) is 2.97. The molecule has 1 N–H and O–H groups in total. The molecule has 0 aromatic heterocycles. The molecule has 3 aliphatic rings. The maximum absolute atomic E-state index is 12.4. The predicted molar refractivity (Wildman–Crippen MR) is 92.1 cm³/mol. The van der Waals surface area contributed by atoms with Crippen LogP contribution < -0.4 is 5.32 Å². The van der Waals surface area contributed by atoms with Crippen molar-refractivity contribution in [2.24, 2.45) is 5.92 Å². The molecule has 0 bridgehead atoms. The number of piperidine rings is 1. The fraction of sp³-hybridized carbons (Fsp3) is 0.933. The number of hydrogen-bond donors (Lipinski definition) is 1. The van der Waals surface area contributed by atoms with E-state index in [1.165, 1.54) is 38.9 Å². The minimum atomic E-state index is -0.113. The minimum Gasteiger partial charge on any atom is -0.378 e. The minimum absolute atomic E-state index is 0. The number of amides is 1. The van der Waals surface area contributed by atoms with E-state index in [2.05, 4.69) is 10.2 Å². The lowest BCUT2D eigenvalue weighted by Gasteiger charge is -2.30. The van der Waals surface area contributed by atoms with Crippen LogP contribution in [0.3, 0.4) is 0 Å². The topological polar surface area (TPSA) is 44.8 Å². The highest BCUT2D eigenvalue weighted by Gasteiger charge is 2.32. The van der Waals surface area contributed by atoms with Crippen molar-refractivity contribution in [2.75, 3.05) is 52.5 Å². The summed E-state index contributed by atoms with van der Waals surface area (Å²) < 4.78 is 5.39. The molecule has 0 radical (unpaired) electrons. The lowest BCUT2D eigenvalue weighted by molar-refractivity contribution is -0.135. The summed E-state index contributed by atoms with van der Waals surface area (Å²) in [5.74, 6) is 0.910. The van der Waals surface area contributed by atoms with Crippen molar-refractivity contribution in [3.05, 3.63) is 0 Å². The number of nitrogens with one attached hydrogen (secondary N) is 1. The molecule has 0 aliphatic carbocycles. The van der Waals surface area contributed by atoms with Gasteiger partial charge in [0.15, 0.2) is 0 Å². The number of nitrogens with zero attached hydrogens (tertiary/aromatic N) is 2. The van der Waals surface area contributed by atoms with Gasteiger partial charge in [-0.1, -0.05) is 6.42 Å². The van der Waals surface area contributed by atoms with Crippen LogP contribution >= 0.6 is 24.8 Å². The van der Waals surface area contributed by atoms with Crippen molar-refractivity contribution in [1.29, 1.82) is 0 Å². The van der Waals surface area contributed by atoms with Crippen LogP contribution in [0.5, 0.6) is 0 Å². The molecule has 0 saturated carbocycles. The van der Waals surface area contributed by atoms with Crippen LogP contribution in [0, 0.1) is 5.92 Å². The zero-order chi connectivity index (χ0) is 13.8. The number of ether oxygens (including phenoxy) is 1. The Morgan fingerprint density at radius 3 is 2.59 bits per heavy atom. The van der Waals surface area contributed by atoms with Gasteiger partial charge in [-0.2, -0.15) is 0 Å². The molecule has 5 nitrogen and oxygen atoms in total. The van der Waals surface area contributed by atoms with E-state index < -0.39 is 0 Å². The first-order chi connectivity index (χ1) is 9.83. The van der Waals surface area contributed by atoms with Gasteiger partial charge in [-0.05, 0) is 38.3 Å². The molecule has 3 fully saturated rings. The first-order valence-electron chi connectivity index (χ1n) is 8.15. The van der Waals surface area contributed by atoms with Gasteiger partial charge in [-0.3, -0.25) is 4.79 Å². The summed E-state index contributed by atoms with van der Waals surface area (Å²) in [6.07, 6.45) is 5.24. The highest BCUT2D eigenvalue weighted by molar-refractivity contribution is 5.85. The van der Waals surface area contributed by atoms with E-state index in [0.717, 1.165) is 32.7 Å². The Balaban J connectivity index is 0.00000121. The van der Waals surface area contributed by atoms with E-state index >= 15 is 0 Å². The molecule has 1 amide bonds. The van der Waals surface area contributed by atoms with E-state index in [1.54, 1.807) is 0 Å². The summed E-state index contributed by atoms with van der Waals surface area (Å²) in [6, 6.07) is -0.113. The Labute approximate surface area is 145 Å². The van der Waals surface area contributed by atoms with Crippen LogP contribution in [-0.4, -0.2) is 74.2 Å². The summed E-state index contributed by atoms with van der Waals surface area (Å²) in [7, 11) is 0.